The Morgan fingerprint density at radius 2 is 2.12 bits per heavy atom. The van der Waals surface area contributed by atoms with E-state index >= 15 is 0 Å². The Morgan fingerprint density at radius 1 is 1.38 bits per heavy atom. The van der Waals surface area contributed by atoms with Crippen LogP contribution in [0.2, 0.25) is 0 Å². The lowest BCUT2D eigenvalue weighted by Crippen LogP contribution is -2.49. The van der Waals surface area contributed by atoms with E-state index in [1.54, 1.807) is 0 Å². The maximum absolute atomic E-state index is 6.07. The number of hydrogen-bond donors (Lipinski definition) is 1. The second kappa shape index (κ2) is 7.25. The number of nitrogens with two attached hydrogens (primary N) is 1. The normalized spacial score (nSPS) is 29.2. The highest BCUT2D eigenvalue weighted by molar-refractivity contribution is 4.78. The summed E-state index contributed by atoms with van der Waals surface area (Å²) in [5.41, 5.74) is 6.07. The average molecular weight is 228 g/mol. The molecule has 16 heavy (non-hydrogen) atoms. The number of nitrogens with zero attached hydrogens (tertiary/aromatic N) is 1. The van der Waals surface area contributed by atoms with Gasteiger partial charge in [0.2, 0.25) is 0 Å². The van der Waals surface area contributed by atoms with E-state index in [1.165, 1.54) is 12.8 Å². The Hall–Kier alpha value is -0.120. The van der Waals surface area contributed by atoms with Crippen LogP contribution >= 0.6 is 0 Å². The average Bonchev–Trinajstić information content (AvgIpc) is 2.27. The van der Waals surface area contributed by atoms with Crippen molar-refractivity contribution < 1.29 is 4.74 Å². The van der Waals surface area contributed by atoms with E-state index in [9.17, 15) is 0 Å². The second-order valence-corrected chi connectivity index (χ2v) is 5.04. The van der Waals surface area contributed by atoms with E-state index in [4.69, 9.17) is 10.5 Å². The van der Waals surface area contributed by atoms with Gasteiger partial charge in [0.05, 0.1) is 12.7 Å². The van der Waals surface area contributed by atoms with Crippen molar-refractivity contribution in [2.75, 3.05) is 19.7 Å². The Balaban J connectivity index is 2.31. The molecule has 96 valence electrons. The third-order valence-corrected chi connectivity index (χ3v) is 3.50. The smallest absolute Gasteiger partial charge is 0.0674 e. The lowest BCUT2D eigenvalue weighted by molar-refractivity contribution is -0.0564. The molecule has 0 spiro atoms. The molecule has 1 saturated heterocycles. The van der Waals surface area contributed by atoms with Gasteiger partial charge >= 0.3 is 0 Å². The molecule has 1 heterocycles. The van der Waals surface area contributed by atoms with E-state index in [-0.39, 0.29) is 0 Å². The first kappa shape index (κ1) is 13.9. The molecular weight excluding hydrogens is 200 g/mol. The minimum atomic E-state index is 0.376. The Labute approximate surface area is 100 Å². The molecule has 1 rings (SSSR count). The van der Waals surface area contributed by atoms with E-state index in [2.05, 4.69) is 25.7 Å². The summed E-state index contributed by atoms with van der Waals surface area (Å²) in [7, 11) is 0. The fourth-order valence-electron chi connectivity index (χ4n) is 2.41. The first-order valence-electron chi connectivity index (χ1n) is 6.78. The van der Waals surface area contributed by atoms with Crippen molar-refractivity contribution >= 4 is 0 Å². The largest absolute Gasteiger partial charge is 0.376 e. The highest BCUT2D eigenvalue weighted by atomic mass is 16.5. The standard InChI is InChI=1S/C13H28N2O/c1-4-6-12(14)7-8-15-9-11(3)16-10-13(15)5-2/h11-13H,4-10,14H2,1-3H3. The van der Waals surface area contributed by atoms with Gasteiger partial charge in [0.1, 0.15) is 0 Å². The Morgan fingerprint density at radius 3 is 2.75 bits per heavy atom. The van der Waals surface area contributed by atoms with E-state index in [1.807, 2.05) is 0 Å². The van der Waals surface area contributed by atoms with Crippen LogP contribution in [0.5, 0.6) is 0 Å². The molecule has 0 aromatic heterocycles. The first-order chi connectivity index (χ1) is 7.67. The van der Waals surface area contributed by atoms with Gasteiger partial charge in [-0.15, -0.1) is 0 Å². The van der Waals surface area contributed by atoms with Gasteiger partial charge in [-0.25, -0.2) is 0 Å². The van der Waals surface area contributed by atoms with Crippen molar-refractivity contribution in [3.05, 3.63) is 0 Å². The zero-order chi connectivity index (χ0) is 12.0. The molecule has 0 aromatic rings. The number of ether oxygens (including phenoxy) is 1. The monoisotopic (exact) mass is 228 g/mol. The molecule has 0 saturated carbocycles. The van der Waals surface area contributed by atoms with Gasteiger partial charge in [-0.05, 0) is 26.2 Å². The topological polar surface area (TPSA) is 38.5 Å². The van der Waals surface area contributed by atoms with Crippen LogP contribution in [-0.2, 0) is 4.74 Å². The summed E-state index contributed by atoms with van der Waals surface area (Å²) in [6.07, 6.45) is 5.02. The Kier molecular flexibility index (Phi) is 6.32. The predicted molar refractivity (Wildman–Crippen MR) is 68.6 cm³/mol. The quantitative estimate of drug-likeness (QED) is 0.756. The minimum absolute atomic E-state index is 0.376. The van der Waals surface area contributed by atoms with Gasteiger partial charge in [-0.3, -0.25) is 4.90 Å². The third-order valence-electron chi connectivity index (χ3n) is 3.50. The van der Waals surface area contributed by atoms with Gasteiger partial charge < -0.3 is 10.5 Å². The lowest BCUT2D eigenvalue weighted by atomic mass is 10.1. The van der Waals surface area contributed by atoms with Crippen LogP contribution in [0, 0.1) is 0 Å². The molecule has 3 unspecified atom stereocenters. The molecular formula is C13H28N2O. The van der Waals surface area contributed by atoms with Crippen LogP contribution in [0.15, 0.2) is 0 Å². The summed E-state index contributed by atoms with van der Waals surface area (Å²) in [4.78, 5) is 2.56. The summed E-state index contributed by atoms with van der Waals surface area (Å²) < 4.78 is 5.69. The molecule has 0 radical (unpaired) electrons. The minimum Gasteiger partial charge on any atom is -0.376 e. The molecule has 0 aromatic carbocycles. The van der Waals surface area contributed by atoms with Gasteiger partial charge in [0.15, 0.2) is 0 Å². The summed E-state index contributed by atoms with van der Waals surface area (Å²) >= 11 is 0. The summed E-state index contributed by atoms with van der Waals surface area (Å²) in [6, 6.07) is 0.977. The van der Waals surface area contributed by atoms with E-state index in [0.29, 0.717) is 18.2 Å². The van der Waals surface area contributed by atoms with Crippen molar-refractivity contribution in [1.82, 2.24) is 4.90 Å². The Bertz CT molecular complexity index is 187. The predicted octanol–water partition coefficient (Wildman–Crippen LogP) is 2.00. The van der Waals surface area contributed by atoms with Crippen LogP contribution in [0.4, 0.5) is 0 Å². The van der Waals surface area contributed by atoms with Crippen molar-refractivity contribution in [2.24, 2.45) is 5.73 Å². The van der Waals surface area contributed by atoms with Gasteiger partial charge in [0.25, 0.3) is 0 Å². The van der Waals surface area contributed by atoms with Gasteiger partial charge in [-0.2, -0.15) is 0 Å². The highest BCUT2D eigenvalue weighted by Gasteiger charge is 2.25. The zero-order valence-corrected chi connectivity index (χ0v) is 11.1. The third kappa shape index (κ3) is 4.40. The highest BCUT2D eigenvalue weighted by Crippen LogP contribution is 2.15. The molecule has 0 amide bonds. The van der Waals surface area contributed by atoms with Crippen LogP contribution in [0.1, 0.15) is 46.5 Å². The maximum atomic E-state index is 6.07. The number of morpholine rings is 1. The lowest BCUT2D eigenvalue weighted by Gasteiger charge is -2.38. The molecule has 2 N–H and O–H groups in total. The SMILES string of the molecule is CCCC(N)CCN1CC(C)OCC1CC. The van der Waals surface area contributed by atoms with Gasteiger partial charge in [-0.1, -0.05) is 20.3 Å². The van der Waals surface area contributed by atoms with E-state index in [0.717, 1.165) is 32.5 Å². The first-order valence-corrected chi connectivity index (χ1v) is 6.78. The molecule has 0 aliphatic carbocycles. The fourth-order valence-corrected chi connectivity index (χ4v) is 2.41. The second-order valence-electron chi connectivity index (χ2n) is 5.04. The fraction of sp³-hybridized carbons (Fsp3) is 1.00. The maximum Gasteiger partial charge on any atom is 0.0674 e. The molecule has 1 aliphatic rings. The van der Waals surface area contributed by atoms with Crippen molar-refractivity contribution in [3.63, 3.8) is 0 Å². The summed E-state index contributed by atoms with van der Waals surface area (Å²) in [6.45, 7) is 9.69. The van der Waals surface area contributed by atoms with Crippen LogP contribution in [0.3, 0.4) is 0 Å². The summed E-state index contributed by atoms with van der Waals surface area (Å²) in [5, 5.41) is 0. The van der Waals surface area contributed by atoms with E-state index < -0.39 is 0 Å². The van der Waals surface area contributed by atoms with Crippen molar-refractivity contribution in [2.45, 2.75) is 64.6 Å². The van der Waals surface area contributed by atoms with Crippen LogP contribution < -0.4 is 5.73 Å². The van der Waals surface area contributed by atoms with Gasteiger partial charge in [0, 0.05) is 25.2 Å². The molecule has 3 heteroatoms. The number of rotatable bonds is 6. The molecule has 0 bridgehead atoms. The molecule has 3 atom stereocenters. The van der Waals surface area contributed by atoms with Crippen LogP contribution in [-0.4, -0.2) is 42.8 Å². The zero-order valence-electron chi connectivity index (χ0n) is 11.1. The van der Waals surface area contributed by atoms with Crippen molar-refractivity contribution in [1.29, 1.82) is 0 Å². The van der Waals surface area contributed by atoms with Crippen LogP contribution in [0.25, 0.3) is 0 Å². The molecule has 3 nitrogen and oxygen atoms in total. The molecule has 1 aliphatic heterocycles. The van der Waals surface area contributed by atoms with Crippen molar-refractivity contribution in [3.8, 4) is 0 Å². The summed E-state index contributed by atoms with van der Waals surface area (Å²) in [5.74, 6) is 0. The number of hydrogen-bond acceptors (Lipinski definition) is 3. The molecule has 1 fully saturated rings.